The van der Waals surface area contributed by atoms with E-state index in [2.05, 4.69) is 16.8 Å². The van der Waals surface area contributed by atoms with Crippen molar-refractivity contribution in [3.05, 3.63) is 23.9 Å². The second-order valence-electron chi connectivity index (χ2n) is 7.34. The standard InChI is InChI=1S/C19H29N3O2/c1-2-7-19(15-23)8-5-12-22(14-19)17-13-16(6-9-20-17)18(24)21-10-3-4-11-21/h6,9,13,23H,2-5,7-8,10-12,14-15H2,1H3. The number of aromatic nitrogens is 1. The van der Waals surface area contributed by atoms with Crippen LogP contribution in [0.25, 0.3) is 0 Å². The van der Waals surface area contributed by atoms with Gasteiger partial charge in [-0.15, -0.1) is 0 Å². The molecule has 24 heavy (non-hydrogen) atoms. The fourth-order valence-corrected chi connectivity index (χ4v) is 4.17. The van der Waals surface area contributed by atoms with E-state index in [0.29, 0.717) is 0 Å². The predicted molar refractivity (Wildman–Crippen MR) is 95.2 cm³/mol. The van der Waals surface area contributed by atoms with Crippen LogP contribution >= 0.6 is 0 Å². The highest BCUT2D eigenvalue weighted by Crippen LogP contribution is 2.35. The van der Waals surface area contributed by atoms with Crippen LogP contribution in [0, 0.1) is 5.41 Å². The fourth-order valence-electron chi connectivity index (χ4n) is 4.17. The maximum Gasteiger partial charge on any atom is 0.254 e. The summed E-state index contributed by atoms with van der Waals surface area (Å²) in [4.78, 5) is 21.3. The van der Waals surface area contributed by atoms with Crippen LogP contribution in [-0.2, 0) is 0 Å². The maximum atomic E-state index is 12.6. The highest BCUT2D eigenvalue weighted by Gasteiger charge is 2.34. The number of aliphatic hydroxyl groups is 1. The molecule has 1 amide bonds. The lowest BCUT2D eigenvalue weighted by Crippen LogP contribution is -2.45. The molecule has 5 heteroatoms. The van der Waals surface area contributed by atoms with Crippen molar-refractivity contribution >= 4 is 11.7 Å². The molecule has 1 atom stereocenters. The Morgan fingerprint density at radius 3 is 2.79 bits per heavy atom. The molecule has 0 bridgehead atoms. The van der Waals surface area contributed by atoms with E-state index in [1.807, 2.05) is 17.0 Å². The van der Waals surface area contributed by atoms with E-state index in [9.17, 15) is 9.90 Å². The molecule has 3 heterocycles. The molecule has 0 aromatic carbocycles. The number of pyridine rings is 1. The number of likely N-dealkylation sites (tertiary alicyclic amines) is 1. The summed E-state index contributed by atoms with van der Waals surface area (Å²) in [6, 6.07) is 3.75. The topological polar surface area (TPSA) is 56.7 Å². The van der Waals surface area contributed by atoms with Crippen LogP contribution in [-0.4, -0.2) is 53.7 Å². The Bertz CT molecular complexity index is 567. The Morgan fingerprint density at radius 1 is 1.29 bits per heavy atom. The number of aliphatic hydroxyl groups excluding tert-OH is 1. The second-order valence-corrected chi connectivity index (χ2v) is 7.34. The molecule has 2 fully saturated rings. The van der Waals surface area contributed by atoms with Crippen LogP contribution in [0.3, 0.4) is 0 Å². The van der Waals surface area contributed by atoms with E-state index >= 15 is 0 Å². The van der Waals surface area contributed by atoms with Crippen molar-refractivity contribution < 1.29 is 9.90 Å². The first-order valence-corrected chi connectivity index (χ1v) is 9.28. The van der Waals surface area contributed by atoms with Gasteiger partial charge in [-0.3, -0.25) is 4.79 Å². The summed E-state index contributed by atoms with van der Waals surface area (Å²) >= 11 is 0. The largest absolute Gasteiger partial charge is 0.396 e. The van der Waals surface area contributed by atoms with Crippen LogP contribution in [0.4, 0.5) is 5.82 Å². The van der Waals surface area contributed by atoms with Gasteiger partial charge in [0.15, 0.2) is 0 Å². The van der Waals surface area contributed by atoms with Crippen LogP contribution in [0.5, 0.6) is 0 Å². The van der Waals surface area contributed by atoms with Crippen LogP contribution < -0.4 is 4.90 Å². The number of nitrogens with zero attached hydrogens (tertiary/aromatic N) is 3. The van der Waals surface area contributed by atoms with E-state index in [1.54, 1.807) is 6.20 Å². The molecule has 5 nitrogen and oxygen atoms in total. The van der Waals surface area contributed by atoms with Crippen molar-refractivity contribution in [3.8, 4) is 0 Å². The third-order valence-corrected chi connectivity index (χ3v) is 5.49. The van der Waals surface area contributed by atoms with E-state index in [0.717, 1.165) is 76.1 Å². The molecule has 1 N–H and O–H groups in total. The van der Waals surface area contributed by atoms with E-state index < -0.39 is 0 Å². The zero-order valence-corrected chi connectivity index (χ0v) is 14.7. The molecule has 2 aliphatic rings. The number of rotatable bonds is 5. The normalized spacial score (nSPS) is 24.4. The predicted octanol–water partition coefficient (Wildman–Crippen LogP) is 2.70. The molecule has 1 aromatic rings. The van der Waals surface area contributed by atoms with Gasteiger partial charge in [0.2, 0.25) is 0 Å². The van der Waals surface area contributed by atoms with Gasteiger partial charge in [-0.1, -0.05) is 13.3 Å². The van der Waals surface area contributed by atoms with Crippen LogP contribution in [0.1, 0.15) is 55.8 Å². The molecule has 1 aromatic heterocycles. The van der Waals surface area contributed by atoms with Gasteiger partial charge in [-0.05, 0) is 44.2 Å². The summed E-state index contributed by atoms with van der Waals surface area (Å²) in [6.07, 6.45) is 8.19. The average molecular weight is 331 g/mol. The summed E-state index contributed by atoms with van der Waals surface area (Å²) in [6.45, 7) is 5.90. The Labute approximate surface area is 144 Å². The molecule has 2 saturated heterocycles. The third kappa shape index (κ3) is 3.56. The minimum Gasteiger partial charge on any atom is -0.396 e. The van der Waals surface area contributed by atoms with Gasteiger partial charge >= 0.3 is 0 Å². The summed E-state index contributed by atoms with van der Waals surface area (Å²) in [5.74, 6) is 0.990. The van der Waals surface area contributed by atoms with Crippen molar-refractivity contribution in [2.75, 3.05) is 37.7 Å². The number of piperidine rings is 1. The summed E-state index contributed by atoms with van der Waals surface area (Å²) in [5, 5.41) is 9.92. The molecule has 2 aliphatic heterocycles. The monoisotopic (exact) mass is 331 g/mol. The van der Waals surface area contributed by atoms with Gasteiger partial charge < -0.3 is 14.9 Å². The van der Waals surface area contributed by atoms with Crippen molar-refractivity contribution in [3.63, 3.8) is 0 Å². The van der Waals surface area contributed by atoms with Crippen LogP contribution in [0.2, 0.25) is 0 Å². The molecular weight excluding hydrogens is 302 g/mol. The van der Waals surface area contributed by atoms with Gasteiger partial charge in [0.1, 0.15) is 5.82 Å². The average Bonchev–Trinajstić information content (AvgIpc) is 3.16. The third-order valence-electron chi connectivity index (χ3n) is 5.49. The van der Waals surface area contributed by atoms with Gasteiger partial charge in [-0.25, -0.2) is 4.98 Å². The first-order chi connectivity index (χ1) is 11.7. The molecule has 3 rings (SSSR count). The molecular formula is C19H29N3O2. The van der Waals surface area contributed by atoms with Crippen molar-refractivity contribution in [1.82, 2.24) is 9.88 Å². The Hall–Kier alpha value is -1.62. The number of anilines is 1. The summed E-state index contributed by atoms with van der Waals surface area (Å²) in [5.41, 5.74) is 0.710. The maximum absolute atomic E-state index is 12.6. The Kier molecular flexibility index (Phi) is 5.39. The first-order valence-electron chi connectivity index (χ1n) is 9.28. The van der Waals surface area contributed by atoms with Gasteiger partial charge in [0, 0.05) is 43.4 Å². The molecule has 0 radical (unpaired) electrons. The Balaban J connectivity index is 1.76. The minimum absolute atomic E-state index is 0.0242. The molecule has 132 valence electrons. The lowest BCUT2D eigenvalue weighted by atomic mass is 9.77. The van der Waals surface area contributed by atoms with Crippen molar-refractivity contribution in [1.29, 1.82) is 0 Å². The number of hydrogen-bond donors (Lipinski definition) is 1. The zero-order chi connectivity index (χ0) is 17.0. The SMILES string of the molecule is CCCC1(CO)CCCN(c2cc(C(=O)N3CCCC3)ccn2)C1. The fraction of sp³-hybridized carbons (Fsp3) is 0.684. The molecule has 0 aliphatic carbocycles. The van der Waals surface area contributed by atoms with E-state index in [-0.39, 0.29) is 17.9 Å². The highest BCUT2D eigenvalue weighted by molar-refractivity contribution is 5.95. The van der Waals surface area contributed by atoms with Crippen molar-refractivity contribution in [2.45, 2.75) is 45.4 Å². The smallest absolute Gasteiger partial charge is 0.254 e. The number of carbonyl (C=O) groups is 1. The van der Waals surface area contributed by atoms with Crippen molar-refractivity contribution in [2.24, 2.45) is 5.41 Å². The van der Waals surface area contributed by atoms with Gasteiger partial charge in [0.05, 0.1) is 6.61 Å². The first kappa shape index (κ1) is 17.2. The minimum atomic E-state index is -0.0242. The zero-order valence-electron chi connectivity index (χ0n) is 14.7. The molecule has 0 saturated carbocycles. The van der Waals surface area contributed by atoms with E-state index in [4.69, 9.17) is 0 Å². The molecule has 1 unspecified atom stereocenters. The number of amides is 1. The van der Waals surface area contributed by atoms with Gasteiger partial charge in [0.25, 0.3) is 5.91 Å². The summed E-state index contributed by atoms with van der Waals surface area (Å²) < 4.78 is 0. The Morgan fingerprint density at radius 2 is 2.08 bits per heavy atom. The molecule has 0 spiro atoms. The van der Waals surface area contributed by atoms with Gasteiger partial charge in [-0.2, -0.15) is 0 Å². The lowest BCUT2D eigenvalue weighted by molar-refractivity contribution is 0.0792. The van der Waals surface area contributed by atoms with E-state index in [1.165, 1.54) is 0 Å². The summed E-state index contributed by atoms with van der Waals surface area (Å²) in [7, 11) is 0. The number of carbonyl (C=O) groups excluding carboxylic acids is 1. The quantitative estimate of drug-likeness (QED) is 0.901. The number of hydrogen-bond acceptors (Lipinski definition) is 4. The second kappa shape index (κ2) is 7.51. The lowest BCUT2D eigenvalue weighted by Gasteiger charge is -2.42. The van der Waals surface area contributed by atoms with Crippen LogP contribution in [0.15, 0.2) is 18.3 Å². The highest BCUT2D eigenvalue weighted by atomic mass is 16.3.